The summed E-state index contributed by atoms with van der Waals surface area (Å²) in [6.07, 6.45) is 0.377. The van der Waals surface area contributed by atoms with E-state index >= 15 is 0 Å². The molecule has 8 heteroatoms. The van der Waals surface area contributed by atoms with Crippen LogP contribution in [0.2, 0.25) is 5.02 Å². The maximum Gasteiger partial charge on any atom is 0.188 e. The lowest BCUT2D eigenvalue weighted by molar-refractivity contribution is 0.135. The number of hydrogen-bond acceptors (Lipinski definition) is 4. The Morgan fingerprint density at radius 2 is 1.74 bits per heavy atom. The van der Waals surface area contributed by atoms with Crippen LogP contribution in [0.25, 0.3) is 0 Å². The van der Waals surface area contributed by atoms with E-state index in [2.05, 4.69) is 0 Å². The lowest BCUT2D eigenvalue weighted by atomic mass is 9.79. The topological polar surface area (TPSA) is 52.6 Å². The summed E-state index contributed by atoms with van der Waals surface area (Å²) in [5.74, 6) is -2.47. The largest absolute Gasteiger partial charge is 0.490 e. The van der Waals surface area contributed by atoms with Crippen molar-refractivity contribution in [3.05, 3.63) is 58.6 Å². The molecular weight excluding hydrogens is 398 g/mol. The van der Waals surface area contributed by atoms with Crippen LogP contribution in [-0.2, 0) is 19.3 Å². The Bertz CT molecular complexity index is 978. The summed E-state index contributed by atoms with van der Waals surface area (Å²) >= 11 is 5.89. The number of hydrogen-bond donors (Lipinski definition) is 0. The molecule has 0 aromatic heterocycles. The molecule has 1 unspecified atom stereocenters. The van der Waals surface area contributed by atoms with Crippen molar-refractivity contribution in [2.75, 3.05) is 19.8 Å². The zero-order valence-corrected chi connectivity index (χ0v) is 15.8. The van der Waals surface area contributed by atoms with Gasteiger partial charge in [-0.2, -0.15) is 0 Å². The fraction of sp³-hybridized carbons (Fsp3) is 0.368. The number of halogens is 3. The van der Waals surface area contributed by atoms with Gasteiger partial charge in [0.15, 0.2) is 21.4 Å². The van der Waals surface area contributed by atoms with Crippen molar-refractivity contribution in [3.63, 3.8) is 0 Å². The average Bonchev–Trinajstić information content (AvgIpc) is 2.88. The predicted molar refractivity (Wildman–Crippen MR) is 95.7 cm³/mol. The van der Waals surface area contributed by atoms with Gasteiger partial charge in [0.2, 0.25) is 0 Å². The van der Waals surface area contributed by atoms with Crippen LogP contribution in [0.5, 0.6) is 5.75 Å². The van der Waals surface area contributed by atoms with Crippen LogP contribution in [0.15, 0.2) is 41.3 Å². The highest BCUT2D eigenvalue weighted by molar-refractivity contribution is 7.92. The fourth-order valence-corrected chi connectivity index (χ4v) is 6.58. The van der Waals surface area contributed by atoms with Gasteiger partial charge < -0.3 is 9.47 Å². The van der Waals surface area contributed by atoms with Gasteiger partial charge in [0, 0.05) is 24.2 Å². The van der Waals surface area contributed by atoms with Crippen LogP contribution in [0.4, 0.5) is 8.78 Å². The van der Waals surface area contributed by atoms with Gasteiger partial charge in [0.05, 0.1) is 17.1 Å². The fourth-order valence-electron chi connectivity index (χ4n) is 4.10. The van der Waals surface area contributed by atoms with E-state index in [1.165, 1.54) is 24.3 Å². The van der Waals surface area contributed by atoms with E-state index < -0.39 is 32.1 Å². The first-order valence-electron chi connectivity index (χ1n) is 8.57. The molecule has 1 fully saturated rings. The molecule has 2 aromatic rings. The zero-order chi connectivity index (χ0) is 19.2. The van der Waals surface area contributed by atoms with Crippen LogP contribution in [-0.4, -0.2) is 28.2 Å². The molecule has 2 aliphatic heterocycles. The summed E-state index contributed by atoms with van der Waals surface area (Å²) in [6, 6.07) is 7.61. The Balaban J connectivity index is 2.04. The molecule has 0 amide bonds. The van der Waals surface area contributed by atoms with Gasteiger partial charge in [-0.1, -0.05) is 11.6 Å². The first kappa shape index (κ1) is 18.7. The summed E-state index contributed by atoms with van der Waals surface area (Å²) < 4.78 is 66.2. The van der Waals surface area contributed by atoms with Gasteiger partial charge in [-0.15, -0.1) is 0 Å². The lowest BCUT2D eigenvalue weighted by Gasteiger charge is -2.43. The van der Waals surface area contributed by atoms with E-state index in [-0.39, 0.29) is 35.8 Å². The van der Waals surface area contributed by atoms with E-state index in [9.17, 15) is 17.2 Å². The summed E-state index contributed by atoms with van der Waals surface area (Å²) in [7, 11) is -4.10. The molecule has 0 radical (unpaired) electrons. The third kappa shape index (κ3) is 2.75. The van der Waals surface area contributed by atoms with Gasteiger partial charge >= 0.3 is 0 Å². The number of rotatable bonds is 2. The van der Waals surface area contributed by atoms with Gasteiger partial charge in [0.25, 0.3) is 0 Å². The molecule has 0 aliphatic carbocycles. The third-order valence-corrected chi connectivity index (χ3v) is 8.25. The average molecular weight is 415 g/mol. The molecule has 4 rings (SSSR count). The Morgan fingerprint density at radius 3 is 2.48 bits per heavy atom. The van der Waals surface area contributed by atoms with Crippen molar-refractivity contribution in [2.24, 2.45) is 5.92 Å². The summed E-state index contributed by atoms with van der Waals surface area (Å²) in [6.45, 7) is 0.431. The molecule has 0 saturated carbocycles. The van der Waals surface area contributed by atoms with Crippen LogP contribution in [0, 0.1) is 17.6 Å². The number of ether oxygens (including phenoxy) is 2. The number of fused-ring (bicyclic) bond motifs is 3. The van der Waals surface area contributed by atoms with E-state index in [1.807, 2.05) is 0 Å². The molecule has 2 aromatic carbocycles. The minimum Gasteiger partial charge on any atom is -0.490 e. The number of benzene rings is 2. The normalized spacial score (nSPS) is 25.1. The molecule has 2 aliphatic rings. The predicted octanol–water partition coefficient (Wildman–Crippen LogP) is 4.11. The van der Waals surface area contributed by atoms with Gasteiger partial charge in [-0.05, 0) is 49.2 Å². The van der Waals surface area contributed by atoms with Crippen molar-refractivity contribution in [3.8, 4) is 5.75 Å². The molecule has 4 nitrogen and oxygen atoms in total. The highest BCUT2D eigenvalue weighted by atomic mass is 35.5. The Labute approximate surface area is 161 Å². The molecule has 0 N–H and O–H groups in total. The van der Waals surface area contributed by atoms with Gasteiger partial charge in [0.1, 0.15) is 10.6 Å². The molecule has 2 heterocycles. The molecule has 27 heavy (non-hydrogen) atoms. The minimum atomic E-state index is -4.10. The van der Waals surface area contributed by atoms with Gasteiger partial charge in [-0.25, -0.2) is 17.2 Å². The zero-order valence-electron chi connectivity index (χ0n) is 14.3. The lowest BCUT2D eigenvalue weighted by Crippen LogP contribution is -2.49. The van der Waals surface area contributed by atoms with Crippen LogP contribution in [0.1, 0.15) is 18.4 Å². The van der Waals surface area contributed by atoms with Crippen LogP contribution >= 0.6 is 11.6 Å². The monoisotopic (exact) mass is 414 g/mol. The van der Waals surface area contributed by atoms with E-state index in [0.29, 0.717) is 18.1 Å². The molecule has 2 atom stereocenters. The Kier molecular flexibility index (Phi) is 4.64. The SMILES string of the molecule is O=S(=O)(c1ccc(Cl)cc1)[C@]12CCOCCC1COc1c(F)ccc(F)c12. The quantitative estimate of drug-likeness (QED) is 0.742. The van der Waals surface area contributed by atoms with Crippen molar-refractivity contribution in [2.45, 2.75) is 22.5 Å². The second kappa shape index (κ2) is 6.72. The summed E-state index contributed by atoms with van der Waals surface area (Å²) in [5, 5.41) is 0.386. The third-order valence-electron chi connectivity index (χ3n) is 5.40. The van der Waals surface area contributed by atoms with Crippen molar-refractivity contribution >= 4 is 21.4 Å². The second-order valence-corrected chi connectivity index (χ2v) is 9.38. The standard InChI is InChI=1S/C19H17ClF2O4S/c20-13-1-3-14(4-2-13)27(23,24)19-8-10-25-9-7-12(19)11-26-18-16(22)6-5-15(21)17(18)19/h1-6,12H,7-11H2/t12?,19-/m1/s1. The maximum atomic E-state index is 14.9. The minimum absolute atomic E-state index is 0.00955. The maximum absolute atomic E-state index is 14.9. The first-order valence-corrected chi connectivity index (χ1v) is 10.4. The first-order chi connectivity index (χ1) is 12.9. The second-order valence-electron chi connectivity index (χ2n) is 6.74. The van der Waals surface area contributed by atoms with E-state index in [0.717, 1.165) is 12.1 Å². The molecule has 0 spiro atoms. The molecule has 0 bridgehead atoms. The molecule has 144 valence electrons. The molecular formula is C19H17ClF2O4S. The van der Waals surface area contributed by atoms with Crippen molar-refractivity contribution in [1.29, 1.82) is 0 Å². The van der Waals surface area contributed by atoms with Crippen molar-refractivity contribution in [1.82, 2.24) is 0 Å². The van der Waals surface area contributed by atoms with Gasteiger partial charge in [-0.3, -0.25) is 0 Å². The molecule has 1 saturated heterocycles. The van der Waals surface area contributed by atoms with E-state index in [1.54, 1.807) is 0 Å². The highest BCUT2D eigenvalue weighted by Gasteiger charge is 2.57. The van der Waals surface area contributed by atoms with Crippen LogP contribution < -0.4 is 4.74 Å². The van der Waals surface area contributed by atoms with E-state index in [4.69, 9.17) is 21.1 Å². The van der Waals surface area contributed by atoms with Crippen LogP contribution in [0.3, 0.4) is 0 Å². The summed E-state index contributed by atoms with van der Waals surface area (Å²) in [5.41, 5.74) is -0.237. The van der Waals surface area contributed by atoms with Crippen molar-refractivity contribution < 1.29 is 26.7 Å². The Hall–Kier alpha value is -1.70. The smallest absolute Gasteiger partial charge is 0.188 e. The highest BCUT2D eigenvalue weighted by Crippen LogP contribution is 2.54. The summed E-state index contributed by atoms with van der Waals surface area (Å²) in [4.78, 5) is 0.00955. The Morgan fingerprint density at radius 1 is 1.04 bits per heavy atom. The number of sulfone groups is 1.